The van der Waals surface area contributed by atoms with E-state index in [2.05, 4.69) is 15.3 Å². The number of nitrogens with one attached hydrogen (secondary N) is 1. The Bertz CT molecular complexity index is 981. The fraction of sp³-hybridized carbons (Fsp3) is 0.429. The molecule has 1 fully saturated rings. The molecule has 11 nitrogen and oxygen atoms in total. The maximum Gasteiger partial charge on any atom is 0.353 e. The summed E-state index contributed by atoms with van der Waals surface area (Å²) >= 11 is 0. The van der Waals surface area contributed by atoms with Crippen LogP contribution in [0.5, 0.6) is 0 Å². The van der Waals surface area contributed by atoms with Crippen LogP contribution in [0.2, 0.25) is 0 Å². The molecule has 1 saturated heterocycles. The van der Waals surface area contributed by atoms with Gasteiger partial charge in [-0.2, -0.15) is 0 Å². The molecular formula is C21H25N5O6. The Morgan fingerprint density at radius 1 is 1.19 bits per heavy atom. The fourth-order valence-electron chi connectivity index (χ4n) is 3.52. The molecule has 0 spiro atoms. The minimum atomic E-state index is -0.543. The van der Waals surface area contributed by atoms with Crippen molar-refractivity contribution < 1.29 is 24.0 Å². The molecule has 3 rings (SSSR count). The molecule has 11 heteroatoms. The Labute approximate surface area is 184 Å². The van der Waals surface area contributed by atoms with E-state index in [9.17, 15) is 19.7 Å². The maximum atomic E-state index is 12.2. The van der Waals surface area contributed by atoms with Crippen LogP contribution in [-0.2, 0) is 14.3 Å². The Kier molecular flexibility index (Phi) is 7.53. The quantitative estimate of drug-likeness (QED) is 0.368. The van der Waals surface area contributed by atoms with E-state index in [1.807, 2.05) is 0 Å². The number of carbonyl (C=O) groups excluding carboxylic acids is 2. The van der Waals surface area contributed by atoms with Gasteiger partial charge in [0.15, 0.2) is 0 Å². The van der Waals surface area contributed by atoms with E-state index in [4.69, 9.17) is 9.47 Å². The van der Waals surface area contributed by atoms with Crippen molar-refractivity contribution in [3.8, 4) is 0 Å². The lowest BCUT2D eigenvalue weighted by Gasteiger charge is -2.32. The second-order valence-electron chi connectivity index (χ2n) is 7.11. The smallest absolute Gasteiger partial charge is 0.353 e. The van der Waals surface area contributed by atoms with E-state index >= 15 is 0 Å². The molecule has 32 heavy (non-hydrogen) atoms. The highest BCUT2D eigenvalue weighted by Gasteiger charge is 2.33. The first-order chi connectivity index (χ1) is 15.4. The van der Waals surface area contributed by atoms with Gasteiger partial charge in [0.05, 0.1) is 29.6 Å². The van der Waals surface area contributed by atoms with Crippen LogP contribution in [0.3, 0.4) is 0 Å². The van der Waals surface area contributed by atoms with Gasteiger partial charge in [0.2, 0.25) is 11.6 Å². The van der Waals surface area contributed by atoms with Crippen molar-refractivity contribution in [2.75, 3.05) is 36.5 Å². The Hall–Kier alpha value is -3.76. The number of hydrogen-bond acceptors (Lipinski definition) is 10. The van der Waals surface area contributed by atoms with Crippen LogP contribution < -0.4 is 10.2 Å². The van der Waals surface area contributed by atoms with Gasteiger partial charge < -0.3 is 19.7 Å². The van der Waals surface area contributed by atoms with Crippen molar-refractivity contribution in [3.63, 3.8) is 0 Å². The second-order valence-corrected chi connectivity index (χ2v) is 7.11. The monoisotopic (exact) mass is 443 g/mol. The van der Waals surface area contributed by atoms with Gasteiger partial charge in [0.1, 0.15) is 6.33 Å². The van der Waals surface area contributed by atoms with Gasteiger partial charge in [-0.3, -0.25) is 14.9 Å². The summed E-state index contributed by atoms with van der Waals surface area (Å²) in [6, 6.07) is 6.33. The number of anilines is 3. The first kappa shape index (κ1) is 22.9. The van der Waals surface area contributed by atoms with Crippen molar-refractivity contribution in [3.05, 3.63) is 46.3 Å². The number of piperidine rings is 1. The molecule has 1 aromatic heterocycles. The summed E-state index contributed by atoms with van der Waals surface area (Å²) in [5.74, 6) is -0.971. The summed E-state index contributed by atoms with van der Waals surface area (Å²) in [5, 5.41) is 14.8. The zero-order valence-corrected chi connectivity index (χ0v) is 17.9. The highest BCUT2D eigenvalue weighted by Crippen LogP contribution is 2.35. The minimum absolute atomic E-state index is 0.0159. The van der Waals surface area contributed by atoms with E-state index in [0.29, 0.717) is 30.6 Å². The first-order valence-electron chi connectivity index (χ1n) is 10.4. The molecule has 0 bridgehead atoms. The lowest BCUT2D eigenvalue weighted by Crippen LogP contribution is -2.40. The van der Waals surface area contributed by atoms with Crippen LogP contribution in [0, 0.1) is 16.0 Å². The van der Waals surface area contributed by atoms with Crippen molar-refractivity contribution in [2.45, 2.75) is 26.7 Å². The summed E-state index contributed by atoms with van der Waals surface area (Å²) in [6.07, 6.45) is 2.58. The average molecular weight is 443 g/mol. The molecule has 0 amide bonds. The molecule has 0 aliphatic carbocycles. The molecule has 1 unspecified atom stereocenters. The fourth-order valence-corrected chi connectivity index (χ4v) is 3.52. The maximum absolute atomic E-state index is 12.2. The van der Waals surface area contributed by atoms with Gasteiger partial charge in [-0.25, -0.2) is 14.8 Å². The third kappa shape index (κ3) is 5.29. The van der Waals surface area contributed by atoms with Gasteiger partial charge in [0, 0.05) is 18.8 Å². The van der Waals surface area contributed by atoms with Gasteiger partial charge in [-0.15, -0.1) is 0 Å². The number of hydrogen-bond donors (Lipinski definition) is 1. The number of nitro groups is 1. The Morgan fingerprint density at radius 2 is 1.91 bits per heavy atom. The normalized spacial score (nSPS) is 15.7. The number of esters is 2. The van der Waals surface area contributed by atoms with E-state index in [-0.39, 0.29) is 49.0 Å². The highest BCUT2D eigenvalue weighted by atomic mass is 16.6. The number of nitrogens with zero attached hydrogens (tertiary/aromatic N) is 4. The molecular weight excluding hydrogens is 418 g/mol. The SMILES string of the molecule is CCOC(=O)c1ccc(Nc2ncnc(N3CCCC(C(=O)OCC)C3)c2[N+](=O)[O-])cc1. The average Bonchev–Trinajstić information content (AvgIpc) is 2.79. The summed E-state index contributed by atoms with van der Waals surface area (Å²) in [7, 11) is 0. The van der Waals surface area contributed by atoms with Crippen LogP contribution in [0.4, 0.5) is 23.0 Å². The Morgan fingerprint density at radius 3 is 2.56 bits per heavy atom. The lowest BCUT2D eigenvalue weighted by atomic mass is 9.98. The van der Waals surface area contributed by atoms with E-state index in [1.165, 1.54) is 6.33 Å². The van der Waals surface area contributed by atoms with E-state index in [0.717, 1.165) is 0 Å². The molecule has 1 N–H and O–H groups in total. The molecule has 1 atom stereocenters. The highest BCUT2D eigenvalue weighted by molar-refractivity contribution is 5.90. The number of benzene rings is 1. The summed E-state index contributed by atoms with van der Waals surface area (Å²) in [5.41, 5.74) is 0.592. The topological polar surface area (TPSA) is 137 Å². The van der Waals surface area contributed by atoms with Crippen molar-refractivity contribution in [1.29, 1.82) is 0 Å². The van der Waals surface area contributed by atoms with Gasteiger partial charge in [-0.05, 0) is 51.0 Å². The van der Waals surface area contributed by atoms with Crippen LogP contribution in [0.25, 0.3) is 0 Å². The van der Waals surface area contributed by atoms with Crippen molar-refractivity contribution in [2.24, 2.45) is 5.92 Å². The number of ether oxygens (including phenoxy) is 2. The lowest BCUT2D eigenvalue weighted by molar-refractivity contribution is -0.383. The third-order valence-corrected chi connectivity index (χ3v) is 4.99. The van der Waals surface area contributed by atoms with Gasteiger partial charge >= 0.3 is 17.6 Å². The summed E-state index contributed by atoms with van der Waals surface area (Å²) < 4.78 is 10.1. The molecule has 1 aliphatic rings. The number of aromatic nitrogens is 2. The van der Waals surface area contributed by atoms with E-state index in [1.54, 1.807) is 43.0 Å². The summed E-state index contributed by atoms with van der Waals surface area (Å²) in [4.78, 5) is 45.2. The first-order valence-corrected chi connectivity index (χ1v) is 10.4. The molecule has 170 valence electrons. The van der Waals surface area contributed by atoms with E-state index < -0.39 is 10.9 Å². The number of rotatable bonds is 8. The summed E-state index contributed by atoms with van der Waals surface area (Å²) in [6.45, 7) is 4.82. The van der Waals surface area contributed by atoms with Crippen molar-refractivity contribution in [1.82, 2.24) is 9.97 Å². The van der Waals surface area contributed by atoms with Crippen LogP contribution in [-0.4, -0.2) is 53.1 Å². The molecule has 1 aliphatic heterocycles. The minimum Gasteiger partial charge on any atom is -0.466 e. The van der Waals surface area contributed by atoms with Crippen molar-refractivity contribution >= 4 is 34.9 Å². The third-order valence-electron chi connectivity index (χ3n) is 4.99. The molecule has 2 heterocycles. The number of carbonyl (C=O) groups is 2. The van der Waals surface area contributed by atoms with Gasteiger partial charge in [0.25, 0.3) is 0 Å². The second kappa shape index (κ2) is 10.5. The zero-order valence-electron chi connectivity index (χ0n) is 17.9. The van der Waals surface area contributed by atoms with Crippen LogP contribution in [0.15, 0.2) is 30.6 Å². The molecule has 0 saturated carbocycles. The van der Waals surface area contributed by atoms with Crippen LogP contribution >= 0.6 is 0 Å². The molecule has 0 radical (unpaired) electrons. The van der Waals surface area contributed by atoms with Gasteiger partial charge in [-0.1, -0.05) is 0 Å². The predicted molar refractivity (Wildman–Crippen MR) is 116 cm³/mol. The molecule has 1 aromatic carbocycles. The predicted octanol–water partition coefficient (Wildman–Crippen LogP) is 3.08. The molecule has 2 aromatic rings. The standard InChI is InChI=1S/C21H25N5O6/c1-3-31-20(27)14-7-9-16(10-8-14)24-18-17(26(29)30)19(23-13-22-18)25-11-5-6-15(12-25)21(28)32-4-2/h7-10,13,15H,3-6,11-12H2,1-2H3,(H,22,23,24). The Balaban J connectivity index is 1.84. The van der Waals surface area contributed by atoms with Crippen LogP contribution in [0.1, 0.15) is 37.0 Å². The largest absolute Gasteiger partial charge is 0.466 e. The zero-order chi connectivity index (χ0) is 23.1.